The minimum absolute atomic E-state index is 0.272. The van der Waals surface area contributed by atoms with Gasteiger partial charge in [0.25, 0.3) is 0 Å². The molecule has 19 heavy (non-hydrogen) atoms. The Labute approximate surface area is 113 Å². The van der Waals surface area contributed by atoms with Gasteiger partial charge in [-0.2, -0.15) is 0 Å². The highest BCUT2D eigenvalue weighted by Crippen LogP contribution is 2.13. The number of hydrogen-bond acceptors (Lipinski definition) is 4. The van der Waals surface area contributed by atoms with Crippen molar-refractivity contribution >= 4 is 18.0 Å². The van der Waals surface area contributed by atoms with Crippen molar-refractivity contribution in [3.63, 3.8) is 0 Å². The number of ether oxygens (including phenoxy) is 2. The molecule has 0 aromatic heterocycles. The zero-order valence-electron chi connectivity index (χ0n) is 11.2. The van der Waals surface area contributed by atoms with Crippen LogP contribution in [0.25, 0.3) is 6.08 Å². The largest absolute Gasteiger partial charge is 0.463 e. The van der Waals surface area contributed by atoms with Crippen LogP contribution in [0.3, 0.4) is 0 Å². The lowest BCUT2D eigenvalue weighted by atomic mass is 10.2. The Bertz CT molecular complexity index is 446. The lowest BCUT2D eigenvalue weighted by Crippen LogP contribution is -2.05. The molecule has 4 heteroatoms. The molecule has 1 aromatic carbocycles. The van der Waals surface area contributed by atoms with E-state index < -0.39 is 0 Å². The molecule has 0 unspecified atom stereocenters. The third-order valence-electron chi connectivity index (χ3n) is 2.26. The second kappa shape index (κ2) is 8.08. The topological polar surface area (TPSA) is 52.6 Å². The predicted molar refractivity (Wildman–Crippen MR) is 72.7 cm³/mol. The van der Waals surface area contributed by atoms with Gasteiger partial charge in [-0.15, -0.1) is 0 Å². The molecule has 0 bridgehead atoms. The van der Waals surface area contributed by atoms with Gasteiger partial charge in [0.15, 0.2) is 0 Å². The Kier molecular flexibility index (Phi) is 6.36. The summed E-state index contributed by atoms with van der Waals surface area (Å²) in [5, 5.41) is 0. The van der Waals surface area contributed by atoms with E-state index in [-0.39, 0.29) is 11.9 Å². The Morgan fingerprint density at radius 1 is 1.16 bits per heavy atom. The first-order valence-corrected chi connectivity index (χ1v) is 6.31. The van der Waals surface area contributed by atoms with E-state index in [1.165, 1.54) is 6.08 Å². The summed E-state index contributed by atoms with van der Waals surface area (Å²) in [5.41, 5.74) is 0.838. The lowest BCUT2D eigenvalue weighted by Gasteiger charge is -2.02. The van der Waals surface area contributed by atoms with Crippen molar-refractivity contribution in [3.05, 3.63) is 35.9 Å². The summed E-state index contributed by atoms with van der Waals surface area (Å²) in [6.45, 7) is 4.10. The fraction of sp³-hybridized carbons (Fsp3) is 0.333. The van der Waals surface area contributed by atoms with Gasteiger partial charge in [-0.3, -0.25) is 4.79 Å². The summed E-state index contributed by atoms with van der Waals surface area (Å²) in [7, 11) is 0. The molecular formula is C15H18O4. The molecule has 102 valence electrons. The number of carbonyl (C=O) groups is 2. The maximum Gasteiger partial charge on any atom is 0.330 e. The van der Waals surface area contributed by atoms with Crippen LogP contribution in [0.2, 0.25) is 0 Å². The average molecular weight is 262 g/mol. The second-order valence-electron chi connectivity index (χ2n) is 3.90. The summed E-state index contributed by atoms with van der Waals surface area (Å²) >= 11 is 0. The third kappa shape index (κ3) is 5.86. The third-order valence-corrected chi connectivity index (χ3v) is 2.26. The molecule has 0 saturated carbocycles. The van der Waals surface area contributed by atoms with Crippen molar-refractivity contribution in [2.75, 3.05) is 6.61 Å². The fourth-order valence-corrected chi connectivity index (χ4v) is 1.27. The molecule has 0 radical (unpaired) electrons. The van der Waals surface area contributed by atoms with Crippen LogP contribution >= 0.6 is 0 Å². The predicted octanol–water partition coefficient (Wildman–Crippen LogP) is 2.97. The minimum atomic E-state index is -0.358. The maximum atomic E-state index is 11.2. The molecule has 0 atom stereocenters. The molecule has 0 heterocycles. The molecule has 0 aliphatic carbocycles. The number of rotatable bonds is 6. The van der Waals surface area contributed by atoms with E-state index in [9.17, 15) is 9.59 Å². The first-order chi connectivity index (χ1) is 9.15. The van der Waals surface area contributed by atoms with Gasteiger partial charge in [-0.05, 0) is 30.2 Å². The summed E-state index contributed by atoms with van der Waals surface area (Å²) < 4.78 is 9.95. The summed E-state index contributed by atoms with van der Waals surface area (Å²) in [4.78, 5) is 22.3. The monoisotopic (exact) mass is 262 g/mol. The van der Waals surface area contributed by atoms with Crippen molar-refractivity contribution in [3.8, 4) is 5.75 Å². The van der Waals surface area contributed by atoms with E-state index >= 15 is 0 Å². The Morgan fingerprint density at radius 3 is 2.42 bits per heavy atom. The van der Waals surface area contributed by atoms with Gasteiger partial charge in [-0.25, -0.2) is 4.79 Å². The van der Waals surface area contributed by atoms with Gasteiger partial charge >= 0.3 is 11.9 Å². The quantitative estimate of drug-likeness (QED) is 0.449. The Hall–Kier alpha value is -2.10. The van der Waals surface area contributed by atoms with Crippen LogP contribution in [0.5, 0.6) is 5.75 Å². The lowest BCUT2D eigenvalue weighted by molar-refractivity contribution is -0.137. The average Bonchev–Trinajstić information content (AvgIpc) is 2.44. The molecule has 0 saturated heterocycles. The molecule has 1 aromatic rings. The van der Waals surface area contributed by atoms with Crippen LogP contribution in [0.4, 0.5) is 0 Å². The summed E-state index contributed by atoms with van der Waals surface area (Å²) in [5.74, 6) is -0.132. The molecule has 0 fully saturated rings. The molecule has 0 aliphatic heterocycles. The molecule has 0 amide bonds. The Morgan fingerprint density at radius 2 is 1.84 bits per heavy atom. The van der Waals surface area contributed by atoms with E-state index in [0.717, 1.165) is 12.0 Å². The van der Waals surface area contributed by atoms with Gasteiger partial charge < -0.3 is 9.47 Å². The number of carbonyl (C=O) groups excluding carboxylic acids is 2. The molecule has 0 N–H and O–H groups in total. The van der Waals surface area contributed by atoms with Gasteiger partial charge in [0.2, 0.25) is 0 Å². The van der Waals surface area contributed by atoms with Crippen LogP contribution < -0.4 is 4.74 Å². The van der Waals surface area contributed by atoms with Gasteiger partial charge in [0, 0.05) is 12.5 Å². The zero-order chi connectivity index (χ0) is 14.1. The van der Waals surface area contributed by atoms with E-state index in [4.69, 9.17) is 9.47 Å². The van der Waals surface area contributed by atoms with Gasteiger partial charge in [-0.1, -0.05) is 26.0 Å². The molecule has 1 rings (SSSR count). The van der Waals surface area contributed by atoms with Crippen molar-refractivity contribution in [1.82, 2.24) is 0 Å². The smallest absolute Gasteiger partial charge is 0.330 e. The highest BCUT2D eigenvalue weighted by atomic mass is 16.5. The molecular weight excluding hydrogens is 244 g/mol. The standard InChI is InChI=1S/C15H18O4/c1-3-11-18-15(17)10-7-12-5-8-13(9-6-12)19-14(16)4-2/h5-10H,3-4,11H2,1-2H3/b10-7+. The number of benzene rings is 1. The van der Waals surface area contributed by atoms with Crippen LogP contribution in [-0.4, -0.2) is 18.5 Å². The number of hydrogen-bond donors (Lipinski definition) is 0. The second-order valence-corrected chi connectivity index (χ2v) is 3.90. The van der Waals surface area contributed by atoms with Crippen molar-refractivity contribution in [2.45, 2.75) is 26.7 Å². The summed E-state index contributed by atoms with van der Waals surface area (Å²) in [6.07, 6.45) is 4.17. The minimum Gasteiger partial charge on any atom is -0.463 e. The summed E-state index contributed by atoms with van der Waals surface area (Å²) in [6, 6.07) is 6.90. The van der Waals surface area contributed by atoms with Crippen molar-refractivity contribution in [2.24, 2.45) is 0 Å². The van der Waals surface area contributed by atoms with Gasteiger partial charge in [0.05, 0.1) is 6.61 Å². The SMILES string of the molecule is CCCOC(=O)/C=C/c1ccc(OC(=O)CC)cc1. The fourth-order valence-electron chi connectivity index (χ4n) is 1.27. The molecule has 0 spiro atoms. The maximum absolute atomic E-state index is 11.2. The van der Waals surface area contributed by atoms with Crippen LogP contribution in [0.15, 0.2) is 30.3 Å². The van der Waals surface area contributed by atoms with Crippen LogP contribution in [-0.2, 0) is 14.3 Å². The van der Waals surface area contributed by atoms with Crippen LogP contribution in [0, 0.1) is 0 Å². The van der Waals surface area contributed by atoms with Crippen LogP contribution in [0.1, 0.15) is 32.3 Å². The Balaban J connectivity index is 2.54. The zero-order valence-corrected chi connectivity index (χ0v) is 11.2. The highest BCUT2D eigenvalue weighted by molar-refractivity contribution is 5.87. The van der Waals surface area contributed by atoms with E-state index in [2.05, 4.69) is 0 Å². The van der Waals surface area contributed by atoms with Crippen molar-refractivity contribution < 1.29 is 19.1 Å². The van der Waals surface area contributed by atoms with Crippen molar-refractivity contribution in [1.29, 1.82) is 0 Å². The highest BCUT2D eigenvalue weighted by Gasteiger charge is 2.01. The number of esters is 2. The molecule has 4 nitrogen and oxygen atoms in total. The van der Waals surface area contributed by atoms with E-state index in [0.29, 0.717) is 18.8 Å². The van der Waals surface area contributed by atoms with Gasteiger partial charge in [0.1, 0.15) is 5.75 Å². The first-order valence-electron chi connectivity index (χ1n) is 6.31. The van der Waals surface area contributed by atoms with E-state index in [1.807, 2.05) is 6.92 Å². The first kappa shape index (κ1) is 15.0. The van der Waals surface area contributed by atoms with E-state index in [1.54, 1.807) is 37.3 Å². The normalized spacial score (nSPS) is 10.4. The molecule has 0 aliphatic rings.